The first-order valence-corrected chi connectivity index (χ1v) is 6.09. The van der Waals surface area contributed by atoms with Crippen molar-refractivity contribution in [1.29, 1.82) is 0 Å². The third kappa shape index (κ3) is 2.88. The van der Waals surface area contributed by atoms with E-state index in [1.807, 2.05) is 6.92 Å². The molecule has 100 valence electrons. The largest absolute Gasteiger partial charge is 0.496 e. The third-order valence-corrected chi connectivity index (χ3v) is 2.81. The van der Waals surface area contributed by atoms with Crippen molar-refractivity contribution in [1.82, 2.24) is 15.3 Å². The number of hydrogen-bond acceptors (Lipinski definition) is 4. The molecule has 0 aliphatic rings. The number of methoxy groups -OCH3 is 1. The summed E-state index contributed by atoms with van der Waals surface area (Å²) in [6, 6.07) is 4.39. The Balaban J connectivity index is 2.51. The highest BCUT2D eigenvalue weighted by atomic mass is 19.1. The van der Waals surface area contributed by atoms with Crippen LogP contribution < -0.4 is 10.1 Å². The average molecular weight is 261 g/mol. The van der Waals surface area contributed by atoms with Gasteiger partial charge in [-0.1, -0.05) is 13.0 Å². The van der Waals surface area contributed by atoms with E-state index in [9.17, 15) is 4.39 Å². The molecule has 1 atom stereocenters. The van der Waals surface area contributed by atoms with Crippen molar-refractivity contribution in [3.63, 3.8) is 0 Å². The summed E-state index contributed by atoms with van der Waals surface area (Å²) in [6.45, 7) is 2.63. The lowest BCUT2D eigenvalue weighted by Gasteiger charge is -2.20. The van der Waals surface area contributed by atoms with E-state index >= 15 is 0 Å². The Morgan fingerprint density at radius 2 is 2.21 bits per heavy atom. The lowest BCUT2D eigenvalue weighted by atomic mass is 10.0. The smallest absolute Gasteiger partial charge is 0.132 e. The van der Waals surface area contributed by atoms with Gasteiger partial charge in [-0.15, -0.1) is 0 Å². The van der Waals surface area contributed by atoms with Crippen LogP contribution in [0.15, 0.2) is 36.8 Å². The second kappa shape index (κ2) is 6.24. The van der Waals surface area contributed by atoms with Crippen molar-refractivity contribution in [3.8, 4) is 5.75 Å². The minimum absolute atomic E-state index is 0.323. The van der Waals surface area contributed by atoms with Gasteiger partial charge in [0.25, 0.3) is 0 Å². The molecule has 0 saturated carbocycles. The van der Waals surface area contributed by atoms with Crippen LogP contribution >= 0.6 is 0 Å². The Hall–Kier alpha value is -2.01. The lowest BCUT2D eigenvalue weighted by Crippen LogP contribution is -2.24. The summed E-state index contributed by atoms with van der Waals surface area (Å²) >= 11 is 0. The van der Waals surface area contributed by atoms with E-state index < -0.39 is 0 Å². The maximum Gasteiger partial charge on any atom is 0.132 e. The first-order chi connectivity index (χ1) is 9.27. The topological polar surface area (TPSA) is 47.0 Å². The number of rotatable bonds is 5. The second-order valence-electron chi connectivity index (χ2n) is 3.98. The Morgan fingerprint density at radius 3 is 2.84 bits per heavy atom. The van der Waals surface area contributed by atoms with Crippen LogP contribution in [0.1, 0.15) is 24.2 Å². The molecule has 2 aromatic rings. The first kappa shape index (κ1) is 13.4. The molecule has 0 bridgehead atoms. The van der Waals surface area contributed by atoms with E-state index in [-0.39, 0.29) is 11.9 Å². The van der Waals surface area contributed by atoms with Crippen LogP contribution in [-0.2, 0) is 0 Å². The maximum absolute atomic E-state index is 14.1. The number of nitrogens with zero attached hydrogens (tertiary/aromatic N) is 2. The van der Waals surface area contributed by atoms with Crippen LogP contribution in [0.3, 0.4) is 0 Å². The van der Waals surface area contributed by atoms with Gasteiger partial charge in [0, 0.05) is 12.4 Å². The Labute approximate surface area is 111 Å². The number of hydrogen-bond donors (Lipinski definition) is 1. The molecule has 1 aromatic heterocycles. The SMILES string of the molecule is CCNC(c1cnccn1)c1c(F)cccc1OC. The summed E-state index contributed by atoms with van der Waals surface area (Å²) in [5.74, 6) is 0.174. The molecule has 1 heterocycles. The summed E-state index contributed by atoms with van der Waals surface area (Å²) in [7, 11) is 1.53. The predicted molar refractivity (Wildman–Crippen MR) is 70.5 cm³/mol. The molecule has 19 heavy (non-hydrogen) atoms. The second-order valence-corrected chi connectivity index (χ2v) is 3.98. The minimum Gasteiger partial charge on any atom is -0.496 e. The van der Waals surface area contributed by atoms with Crippen LogP contribution in [-0.4, -0.2) is 23.6 Å². The van der Waals surface area contributed by atoms with E-state index in [0.29, 0.717) is 23.6 Å². The van der Waals surface area contributed by atoms with E-state index in [1.165, 1.54) is 13.2 Å². The van der Waals surface area contributed by atoms with Crippen molar-refractivity contribution in [2.24, 2.45) is 0 Å². The fraction of sp³-hybridized carbons (Fsp3) is 0.286. The van der Waals surface area contributed by atoms with E-state index in [1.54, 1.807) is 30.7 Å². The fourth-order valence-electron chi connectivity index (χ4n) is 1.99. The highest BCUT2D eigenvalue weighted by Crippen LogP contribution is 2.31. The summed E-state index contributed by atoms with van der Waals surface area (Å²) < 4.78 is 19.4. The molecule has 0 saturated heterocycles. The third-order valence-electron chi connectivity index (χ3n) is 2.81. The number of ether oxygens (including phenoxy) is 1. The van der Waals surface area contributed by atoms with E-state index in [4.69, 9.17) is 4.74 Å². The molecular weight excluding hydrogens is 245 g/mol. The molecule has 1 aromatic carbocycles. The van der Waals surface area contributed by atoms with Crippen molar-refractivity contribution in [3.05, 3.63) is 53.9 Å². The first-order valence-electron chi connectivity index (χ1n) is 6.09. The minimum atomic E-state index is -0.380. The molecule has 0 aliphatic heterocycles. The molecule has 0 amide bonds. The predicted octanol–water partition coefficient (Wildman–Crippen LogP) is 2.32. The van der Waals surface area contributed by atoms with Gasteiger partial charge in [-0.05, 0) is 18.7 Å². The van der Waals surface area contributed by atoms with Gasteiger partial charge in [0.05, 0.1) is 30.6 Å². The molecular formula is C14H16FN3O. The average Bonchev–Trinajstić information content (AvgIpc) is 2.46. The Kier molecular flexibility index (Phi) is 4.41. The van der Waals surface area contributed by atoms with Gasteiger partial charge in [0.2, 0.25) is 0 Å². The standard InChI is InChI=1S/C14H16FN3O/c1-3-17-14(11-9-16-7-8-18-11)13-10(15)5-4-6-12(13)19-2/h4-9,14,17H,3H2,1-2H3. The Morgan fingerprint density at radius 1 is 1.37 bits per heavy atom. The number of benzene rings is 1. The van der Waals surface area contributed by atoms with Gasteiger partial charge < -0.3 is 10.1 Å². The Bertz CT molecular complexity index is 533. The van der Waals surface area contributed by atoms with Crippen LogP contribution in [0, 0.1) is 5.82 Å². The van der Waals surface area contributed by atoms with Gasteiger partial charge in [0.1, 0.15) is 11.6 Å². The van der Waals surface area contributed by atoms with Crippen LogP contribution in [0.2, 0.25) is 0 Å². The van der Waals surface area contributed by atoms with E-state index in [0.717, 1.165) is 0 Å². The van der Waals surface area contributed by atoms with Crippen LogP contribution in [0.4, 0.5) is 4.39 Å². The normalized spacial score (nSPS) is 12.2. The molecule has 2 rings (SSSR count). The summed E-state index contributed by atoms with van der Waals surface area (Å²) in [4.78, 5) is 8.28. The zero-order valence-corrected chi connectivity index (χ0v) is 10.9. The summed E-state index contributed by atoms with van der Waals surface area (Å²) in [5.41, 5.74) is 1.11. The molecule has 0 aliphatic carbocycles. The molecule has 1 N–H and O–H groups in total. The van der Waals surface area contributed by atoms with Crippen molar-refractivity contribution < 1.29 is 9.13 Å². The monoisotopic (exact) mass is 261 g/mol. The number of aromatic nitrogens is 2. The van der Waals surface area contributed by atoms with Crippen molar-refractivity contribution in [2.75, 3.05) is 13.7 Å². The molecule has 1 unspecified atom stereocenters. The van der Waals surface area contributed by atoms with Crippen LogP contribution in [0.25, 0.3) is 0 Å². The van der Waals surface area contributed by atoms with Crippen LogP contribution in [0.5, 0.6) is 5.75 Å². The van der Waals surface area contributed by atoms with Gasteiger partial charge in [-0.25, -0.2) is 4.39 Å². The zero-order valence-electron chi connectivity index (χ0n) is 10.9. The molecule has 0 fully saturated rings. The van der Waals surface area contributed by atoms with E-state index in [2.05, 4.69) is 15.3 Å². The lowest BCUT2D eigenvalue weighted by molar-refractivity contribution is 0.396. The number of nitrogens with one attached hydrogen (secondary N) is 1. The van der Waals surface area contributed by atoms with Crippen molar-refractivity contribution >= 4 is 0 Å². The van der Waals surface area contributed by atoms with Crippen molar-refractivity contribution in [2.45, 2.75) is 13.0 Å². The zero-order chi connectivity index (χ0) is 13.7. The maximum atomic E-state index is 14.1. The molecule has 5 heteroatoms. The molecule has 4 nitrogen and oxygen atoms in total. The summed E-state index contributed by atoms with van der Waals surface area (Å²) in [6.07, 6.45) is 4.80. The fourth-order valence-corrected chi connectivity index (χ4v) is 1.99. The molecule has 0 spiro atoms. The molecule has 0 radical (unpaired) electrons. The van der Waals surface area contributed by atoms with Gasteiger partial charge >= 0.3 is 0 Å². The quantitative estimate of drug-likeness (QED) is 0.897. The summed E-state index contributed by atoms with van der Waals surface area (Å²) in [5, 5.41) is 3.21. The van der Waals surface area contributed by atoms with Gasteiger partial charge in [-0.2, -0.15) is 0 Å². The highest BCUT2D eigenvalue weighted by molar-refractivity contribution is 5.40. The highest BCUT2D eigenvalue weighted by Gasteiger charge is 2.22. The number of halogens is 1. The van der Waals surface area contributed by atoms with Gasteiger partial charge in [-0.3, -0.25) is 9.97 Å². The van der Waals surface area contributed by atoms with Gasteiger partial charge in [0.15, 0.2) is 0 Å².